The fraction of sp³-hybridized carbons (Fsp3) is 0.167. The summed E-state index contributed by atoms with van der Waals surface area (Å²) in [6.07, 6.45) is 2.73. The molecule has 7 nitrogen and oxygen atoms in total. The molecule has 2 aromatic carbocycles. The molecular formula is C24H22N4O3. The topological polar surface area (TPSA) is 85.2 Å². The van der Waals surface area contributed by atoms with Gasteiger partial charge in [0, 0.05) is 24.6 Å². The van der Waals surface area contributed by atoms with Crippen LogP contribution in [0.25, 0.3) is 11.1 Å². The molecule has 31 heavy (non-hydrogen) atoms. The van der Waals surface area contributed by atoms with Crippen molar-refractivity contribution in [3.63, 3.8) is 0 Å². The fourth-order valence-electron chi connectivity index (χ4n) is 3.34. The van der Waals surface area contributed by atoms with Crippen LogP contribution >= 0.6 is 0 Å². The summed E-state index contributed by atoms with van der Waals surface area (Å²) in [5, 5.41) is 11.1. The van der Waals surface area contributed by atoms with Gasteiger partial charge in [-0.2, -0.15) is 5.10 Å². The second-order valence-electron chi connectivity index (χ2n) is 7.00. The lowest BCUT2D eigenvalue weighted by Crippen LogP contribution is -2.23. The smallest absolute Gasteiger partial charge is 0.273 e. The maximum Gasteiger partial charge on any atom is 0.273 e. The molecule has 1 N–H and O–H groups in total. The standard InChI is InChI=1S/C24H22N4O3/c1-30-19-8-9-22(31-2)20(15-19)17-10-11-25-23(13-17)26-24(29)21-14-18(27-28-21)12-16-6-4-3-5-7-16/h3-11,13,15H,12,14H2,1-2H3,(H,25,26,29). The Balaban J connectivity index is 1.45. The third-order valence-electron chi connectivity index (χ3n) is 4.92. The number of rotatable bonds is 7. The zero-order valence-corrected chi connectivity index (χ0v) is 17.3. The molecule has 0 atom stereocenters. The third kappa shape index (κ3) is 4.78. The van der Waals surface area contributed by atoms with Crippen molar-refractivity contribution in [2.24, 2.45) is 10.2 Å². The van der Waals surface area contributed by atoms with E-state index in [1.165, 1.54) is 0 Å². The highest BCUT2D eigenvalue weighted by Crippen LogP contribution is 2.34. The first kappa shape index (κ1) is 20.3. The molecule has 0 saturated carbocycles. The van der Waals surface area contributed by atoms with Gasteiger partial charge < -0.3 is 14.8 Å². The minimum Gasteiger partial charge on any atom is -0.497 e. The number of hydrogen-bond donors (Lipinski definition) is 1. The number of carbonyl (C=O) groups excluding carboxylic acids is 1. The third-order valence-corrected chi connectivity index (χ3v) is 4.92. The van der Waals surface area contributed by atoms with E-state index in [0.29, 0.717) is 35.9 Å². The van der Waals surface area contributed by atoms with Gasteiger partial charge in [0.25, 0.3) is 5.91 Å². The van der Waals surface area contributed by atoms with Crippen LogP contribution < -0.4 is 14.8 Å². The highest BCUT2D eigenvalue weighted by molar-refractivity contribution is 6.46. The van der Waals surface area contributed by atoms with E-state index in [-0.39, 0.29) is 5.91 Å². The number of pyridine rings is 1. The van der Waals surface area contributed by atoms with E-state index in [1.54, 1.807) is 26.5 Å². The zero-order valence-electron chi connectivity index (χ0n) is 17.3. The summed E-state index contributed by atoms with van der Waals surface area (Å²) in [4.78, 5) is 16.9. The van der Waals surface area contributed by atoms with Crippen LogP contribution in [0.15, 0.2) is 77.1 Å². The number of anilines is 1. The molecule has 3 aromatic rings. The van der Waals surface area contributed by atoms with Gasteiger partial charge in [-0.3, -0.25) is 4.79 Å². The van der Waals surface area contributed by atoms with Crippen molar-refractivity contribution in [1.82, 2.24) is 4.98 Å². The molecule has 0 saturated heterocycles. The lowest BCUT2D eigenvalue weighted by atomic mass is 10.0. The number of methoxy groups -OCH3 is 2. The molecule has 0 aliphatic carbocycles. The van der Waals surface area contributed by atoms with E-state index in [2.05, 4.69) is 20.5 Å². The van der Waals surface area contributed by atoms with Crippen molar-refractivity contribution in [1.29, 1.82) is 0 Å². The van der Waals surface area contributed by atoms with Crippen LogP contribution in [0.1, 0.15) is 12.0 Å². The summed E-state index contributed by atoms with van der Waals surface area (Å²) < 4.78 is 10.8. The highest BCUT2D eigenvalue weighted by atomic mass is 16.5. The van der Waals surface area contributed by atoms with Gasteiger partial charge in [-0.15, -0.1) is 5.10 Å². The SMILES string of the molecule is COc1ccc(OC)c(-c2ccnc(NC(=O)C3=NN=C(Cc4ccccc4)C3)c2)c1. The van der Waals surface area contributed by atoms with E-state index in [9.17, 15) is 4.79 Å². The van der Waals surface area contributed by atoms with Gasteiger partial charge >= 0.3 is 0 Å². The Kier molecular flexibility index (Phi) is 6.03. The van der Waals surface area contributed by atoms with Crippen LogP contribution in [-0.4, -0.2) is 36.5 Å². The van der Waals surface area contributed by atoms with E-state index in [4.69, 9.17) is 9.47 Å². The molecule has 0 spiro atoms. The van der Waals surface area contributed by atoms with Crippen molar-refractivity contribution in [3.05, 3.63) is 72.4 Å². The minimum absolute atomic E-state index is 0.311. The predicted molar refractivity (Wildman–Crippen MR) is 121 cm³/mol. The molecule has 0 bridgehead atoms. The van der Waals surface area contributed by atoms with Crippen molar-refractivity contribution in [2.75, 3.05) is 19.5 Å². The zero-order chi connectivity index (χ0) is 21.6. The Bertz CT molecular complexity index is 1160. The van der Waals surface area contributed by atoms with E-state index in [0.717, 1.165) is 22.4 Å². The van der Waals surface area contributed by atoms with Crippen molar-refractivity contribution >= 4 is 23.1 Å². The summed E-state index contributed by atoms with van der Waals surface area (Å²) >= 11 is 0. The van der Waals surface area contributed by atoms with Gasteiger partial charge in [0.2, 0.25) is 0 Å². The average Bonchev–Trinajstić information content (AvgIpc) is 3.28. The largest absolute Gasteiger partial charge is 0.497 e. The monoisotopic (exact) mass is 414 g/mol. The minimum atomic E-state index is -0.311. The average molecular weight is 414 g/mol. The summed E-state index contributed by atoms with van der Waals surface area (Å²) in [5.74, 6) is 1.52. The maximum atomic E-state index is 12.7. The Labute approximate surface area is 180 Å². The number of nitrogens with one attached hydrogen (secondary N) is 1. The molecule has 0 radical (unpaired) electrons. The van der Waals surface area contributed by atoms with E-state index >= 15 is 0 Å². The Hall–Kier alpha value is -4.00. The van der Waals surface area contributed by atoms with Gasteiger partial charge in [-0.25, -0.2) is 4.98 Å². The number of carbonyl (C=O) groups is 1. The highest BCUT2D eigenvalue weighted by Gasteiger charge is 2.20. The number of nitrogens with zero attached hydrogens (tertiary/aromatic N) is 3. The second-order valence-corrected chi connectivity index (χ2v) is 7.00. The quantitative estimate of drug-likeness (QED) is 0.629. The Morgan fingerprint density at radius 2 is 1.84 bits per heavy atom. The maximum absolute atomic E-state index is 12.7. The lowest BCUT2D eigenvalue weighted by molar-refractivity contribution is -0.110. The van der Waals surface area contributed by atoms with Crippen LogP contribution in [0, 0.1) is 0 Å². The molecule has 7 heteroatoms. The molecule has 1 aliphatic heterocycles. The first-order chi connectivity index (χ1) is 15.2. The molecule has 2 heterocycles. The van der Waals surface area contributed by atoms with Crippen LogP contribution in [0.2, 0.25) is 0 Å². The van der Waals surface area contributed by atoms with Crippen molar-refractivity contribution in [3.8, 4) is 22.6 Å². The van der Waals surface area contributed by atoms with E-state index < -0.39 is 0 Å². The molecular weight excluding hydrogens is 392 g/mol. The van der Waals surface area contributed by atoms with Crippen molar-refractivity contribution < 1.29 is 14.3 Å². The van der Waals surface area contributed by atoms with Crippen LogP contribution in [-0.2, 0) is 11.2 Å². The van der Waals surface area contributed by atoms with Crippen LogP contribution in [0.5, 0.6) is 11.5 Å². The fourth-order valence-corrected chi connectivity index (χ4v) is 3.34. The van der Waals surface area contributed by atoms with E-state index in [1.807, 2.05) is 54.6 Å². The number of ether oxygens (including phenoxy) is 2. The van der Waals surface area contributed by atoms with Crippen LogP contribution in [0.3, 0.4) is 0 Å². The summed E-state index contributed by atoms with van der Waals surface area (Å²) in [6.45, 7) is 0. The normalized spacial score (nSPS) is 12.7. The van der Waals surface area contributed by atoms with Crippen LogP contribution in [0.4, 0.5) is 5.82 Å². The molecule has 1 aromatic heterocycles. The lowest BCUT2D eigenvalue weighted by Gasteiger charge is -2.12. The summed E-state index contributed by atoms with van der Waals surface area (Å²) in [6, 6.07) is 19.2. The molecule has 156 valence electrons. The van der Waals surface area contributed by atoms with Gasteiger partial charge in [0.15, 0.2) is 0 Å². The molecule has 0 fully saturated rings. The second kappa shape index (κ2) is 9.21. The van der Waals surface area contributed by atoms with Gasteiger partial charge in [0.05, 0.1) is 19.9 Å². The molecule has 1 amide bonds. The molecule has 1 aliphatic rings. The Morgan fingerprint density at radius 3 is 2.61 bits per heavy atom. The summed E-state index contributed by atoms with van der Waals surface area (Å²) in [7, 11) is 3.22. The molecule has 0 unspecified atom stereocenters. The Morgan fingerprint density at radius 1 is 1.00 bits per heavy atom. The summed E-state index contributed by atoms with van der Waals surface area (Å²) in [5.41, 5.74) is 4.05. The number of benzene rings is 2. The van der Waals surface area contributed by atoms with Crippen molar-refractivity contribution in [2.45, 2.75) is 12.8 Å². The first-order valence-corrected chi connectivity index (χ1v) is 9.82. The van der Waals surface area contributed by atoms with Gasteiger partial charge in [0.1, 0.15) is 23.0 Å². The predicted octanol–water partition coefficient (Wildman–Crippen LogP) is 4.15. The molecule has 4 rings (SSSR count). The number of aromatic nitrogens is 1. The van der Waals surface area contributed by atoms with Gasteiger partial charge in [-0.1, -0.05) is 30.3 Å². The first-order valence-electron chi connectivity index (χ1n) is 9.82. The van der Waals surface area contributed by atoms with Gasteiger partial charge in [-0.05, 0) is 41.5 Å². The number of amides is 1. The number of hydrogen-bond acceptors (Lipinski definition) is 6.